The van der Waals surface area contributed by atoms with Crippen LogP contribution in [-0.2, 0) is 0 Å². The van der Waals surface area contributed by atoms with Gasteiger partial charge in [0.25, 0.3) is 0 Å². The second-order valence-corrected chi connectivity index (χ2v) is 3.79. The molecule has 0 aliphatic heterocycles. The number of nitrogens with zero attached hydrogens (tertiary/aromatic N) is 1. The van der Waals surface area contributed by atoms with E-state index in [4.69, 9.17) is 13.9 Å². The number of benzene rings is 1. The Morgan fingerprint density at radius 2 is 2.11 bits per heavy atom. The predicted octanol–water partition coefficient (Wildman–Crippen LogP) is 2.84. The Morgan fingerprint density at radius 1 is 1.22 bits per heavy atom. The highest BCUT2D eigenvalue weighted by molar-refractivity contribution is 5.95. The van der Waals surface area contributed by atoms with Crippen LogP contribution in [0.4, 0.5) is 0 Å². The summed E-state index contributed by atoms with van der Waals surface area (Å²) in [7, 11) is 3.24. The lowest BCUT2D eigenvalue weighted by molar-refractivity contribution is 0.399. The minimum Gasteiger partial charge on any atom is -0.496 e. The Balaban J connectivity index is 2.39. The summed E-state index contributed by atoms with van der Waals surface area (Å²) in [6.45, 7) is 0. The first-order valence-electron chi connectivity index (χ1n) is 5.47. The summed E-state index contributed by atoms with van der Waals surface area (Å²) in [4.78, 5) is 0. The summed E-state index contributed by atoms with van der Waals surface area (Å²) in [6, 6.07) is 5.58. The van der Waals surface area contributed by atoms with Gasteiger partial charge in [0.05, 0.1) is 37.1 Å². The molecule has 0 spiro atoms. The van der Waals surface area contributed by atoms with E-state index in [0.717, 1.165) is 22.2 Å². The zero-order valence-electron chi connectivity index (χ0n) is 10.1. The van der Waals surface area contributed by atoms with Crippen molar-refractivity contribution in [1.82, 2.24) is 10.2 Å². The molecule has 5 nitrogen and oxygen atoms in total. The zero-order chi connectivity index (χ0) is 12.5. The Labute approximate surface area is 103 Å². The number of furan rings is 1. The van der Waals surface area contributed by atoms with E-state index in [2.05, 4.69) is 10.2 Å². The van der Waals surface area contributed by atoms with Gasteiger partial charge in [-0.1, -0.05) is 0 Å². The molecule has 0 unspecified atom stereocenters. The number of nitrogens with one attached hydrogen (secondary N) is 1. The van der Waals surface area contributed by atoms with Gasteiger partial charge in [0, 0.05) is 12.3 Å². The maximum absolute atomic E-state index is 5.50. The third-order valence-electron chi connectivity index (χ3n) is 2.87. The molecule has 0 atom stereocenters. The van der Waals surface area contributed by atoms with Gasteiger partial charge in [-0.15, -0.1) is 0 Å². The number of fused-ring (bicyclic) bond motifs is 1. The van der Waals surface area contributed by atoms with Gasteiger partial charge in [0.15, 0.2) is 0 Å². The van der Waals surface area contributed by atoms with E-state index in [9.17, 15) is 0 Å². The summed E-state index contributed by atoms with van der Waals surface area (Å²) in [5.41, 5.74) is 2.41. The van der Waals surface area contributed by atoms with Gasteiger partial charge < -0.3 is 13.9 Å². The minimum absolute atomic E-state index is 0.679. The number of hydrogen-bond acceptors (Lipinski definition) is 4. The highest BCUT2D eigenvalue weighted by atomic mass is 16.5. The lowest BCUT2D eigenvalue weighted by atomic mass is 10.1. The van der Waals surface area contributed by atoms with Crippen molar-refractivity contribution < 1.29 is 13.9 Å². The van der Waals surface area contributed by atoms with Crippen molar-refractivity contribution in [2.75, 3.05) is 14.2 Å². The maximum atomic E-state index is 5.50. The van der Waals surface area contributed by atoms with Crippen molar-refractivity contribution in [3.63, 3.8) is 0 Å². The third-order valence-corrected chi connectivity index (χ3v) is 2.87. The minimum atomic E-state index is 0.679. The summed E-state index contributed by atoms with van der Waals surface area (Å²) in [5, 5.41) is 7.78. The van der Waals surface area contributed by atoms with Crippen LogP contribution in [0.25, 0.3) is 22.2 Å². The highest BCUT2D eigenvalue weighted by Crippen LogP contribution is 2.43. The number of hydrogen-bond donors (Lipinski definition) is 1. The molecule has 0 aliphatic rings. The number of aromatic nitrogens is 2. The van der Waals surface area contributed by atoms with Gasteiger partial charge in [-0.2, -0.15) is 5.10 Å². The molecule has 92 valence electrons. The van der Waals surface area contributed by atoms with Crippen LogP contribution in [-0.4, -0.2) is 24.4 Å². The first-order chi connectivity index (χ1) is 8.85. The molecule has 2 aromatic heterocycles. The second-order valence-electron chi connectivity index (χ2n) is 3.79. The van der Waals surface area contributed by atoms with Crippen LogP contribution in [0.1, 0.15) is 0 Å². The molecule has 0 bridgehead atoms. The Morgan fingerprint density at radius 3 is 2.78 bits per heavy atom. The largest absolute Gasteiger partial charge is 0.496 e. The van der Waals surface area contributed by atoms with Crippen LogP contribution in [0.2, 0.25) is 0 Å². The van der Waals surface area contributed by atoms with Crippen molar-refractivity contribution in [3.8, 4) is 22.8 Å². The lowest BCUT2D eigenvalue weighted by Gasteiger charge is -2.12. The molecule has 3 rings (SSSR count). The van der Waals surface area contributed by atoms with Crippen molar-refractivity contribution in [1.29, 1.82) is 0 Å². The van der Waals surface area contributed by atoms with Gasteiger partial charge in [0.1, 0.15) is 17.1 Å². The number of rotatable bonds is 3. The van der Waals surface area contributed by atoms with Crippen LogP contribution in [0.3, 0.4) is 0 Å². The normalized spacial score (nSPS) is 10.8. The van der Waals surface area contributed by atoms with Crippen molar-refractivity contribution >= 4 is 11.0 Å². The molecule has 0 saturated carbocycles. The standard InChI is InChI=1S/C13H12N2O3/c1-16-11-7-10-8(4-6-18-10)13(17-2)12(11)9-3-5-14-15-9/h3-7H,1-2H3,(H,14,15). The molecule has 18 heavy (non-hydrogen) atoms. The van der Waals surface area contributed by atoms with Gasteiger partial charge >= 0.3 is 0 Å². The van der Waals surface area contributed by atoms with Crippen LogP contribution in [0.15, 0.2) is 35.1 Å². The number of H-pyrrole nitrogens is 1. The van der Waals surface area contributed by atoms with E-state index < -0.39 is 0 Å². The van der Waals surface area contributed by atoms with Gasteiger partial charge in [-0.3, -0.25) is 5.10 Å². The molecule has 3 aromatic rings. The van der Waals surface area contributed by atoms with E-state index in [1.807, 2.05) is 18.2 Å². The third kappa shape index (κ3) is 1.44. The fourth-order valence-corrected chi connectivity index (χ4v) is 2.08. The van der Waals surface area contributed by atoms with Crippen LogP contribution >= 0.6 is 0 Å². The average Bonchev–Trinajstić information content (AvgIpc) is 3.06. The van der Waals surface area contributed by atoms with Crippen LogP contribution in [0, 0.1) is 0 Å². The fraction of sp³-hybridized carbons (Fsp3) is 0.154. The fourth-order valence-electron chi connectivity index (χ4n) is 2.08. The van der Waals surface area contributed by atoms with Crippen molar-refractivity contribution in [2.45, 2.75) is 0 Å². The van der Waals surface area contributed by atoms with Crippen molar-refractivity contribution in [3.05, 3.63) is 30.7 Å². The Hall–Kier alpha value is -2.43. The number of methoxy groups -OCH3 is 2. The molecular weight excluding hydrogens is 232 g/mol. The molecule has 0 fully saturated rings. The van der Waals surface area contributed by atoms with E-state index in [-0.39, 0.29) is 0 Å². The molecule has 5 heteroatoms. The smallest absolute Gasteiger partial charge is 0.143 e. The summed E-state index contributed by atoms with van der Waals surface area (Å²) >= 11 is 0. The quantitative estimate of drug-likeness (QED) is 0.769. The van der Waals surface area contributed by atoms with Gasteiger partial charge in [0.2, 0.25) is 0 Å². The summed E-state index contributed by atoms with van der Waals surface area (Å²) in [5.74, 6) is 1.39. The first kappa shape index (κ1) is 10.7. The van der Waals surface area contributed by atoms with E-state index in [1.54, 1.807) is 26.7 Å². The first-order valence-corrected chi connectivity index (χ1v) is 5.47. The lowest BCUT2D eigenvalue weighted by Crippen LogP contribution is -1.94. The maximum Gasteiger partial charge on any atom is 0.143 e. The predicted molar refractivity (Wildman–Crippen MR) is 66.9 cm³/mol. The molecule has 1 N–H and O–H groups in total. The molecule has 2 heterocycles. The molecule has 0 aliphatic carbocycles. The van der Waals surface area contributed by atoms with E-state index in [1.165, 1.54) is 0 Å². The summed E-state index contributed by atoms with van der Waals surface area (Å²) in [6.07, 6.45) is 3.32. The van der Waals surface area contributed by atoms with E-state index >= 15 is 0 Å². The van der Waals surface area contributed by atoms with Gasteiger partial charge in [-0.25, -0.2) is 0 Å². The second kappa shape index (κ2) is 4.10. The van der Waals surface area contributed by atoms with Crippen LogP contribution in [0.5, 0.6) is 11.5 Å². The van der Waals surface area contributed by atoms with Crippen molar-refractivity contribution in [2.24, 2.45) is 0 Å². The van der Waals surface area contributed by atoms with E-state index in [0.29, 0.717) is 11.5 Å². The topological polar surface area (TPSA) is 60.3 Å². The Kier molecular flexibility index (Phi) is 2.44. The zero-order valence-corrected chi connectivity index (χ0v) is 10.1. The molecule has 1 aromatic carbocycles. The number of ether oxygens (including phenoxy) is 2. The number of aromatic amines is 1. The molecule has 0 saturated heterocycles. The molecular formula is C13H12N2O3. The molecule has 0 radical (unpaired) electrons. The van der Waals surface area contributed by atoms with Crippen LogP contribution < -0.4 is 9.47 Å². The molecule has 0 amide bonds. The monoisotopic (exact) mass is 244 g/mol. The average molecular weight is 244 g/mol. The van der Waals surface area contributed by atoms with Gasteiger partial charge in [-0.05, 0) is 12.1 Å². The SMILES string of the molecule is COc1cc2occc2c(OC)c1-c1ccn[nH]1. The highest BCUT2D eigenvalue weighted by Gasteiger charge is 2.19. The Bertz CT molecular complexity index is 671. The summed E-state index contributed by atoms with van der Waals surface area (Å²) < 4.78 is 16.3.